The van der Waals surface area contributed by atoms with Gasteiger partial charge in [-0.1, -0.05) is 29.8 Å². The second-order valence-corrected chi connectivity index (χ2v) is 16.7. The molecule has 1 amide bonds. The van der Waals surface area contributed by atoms with Crippen LogP contribution in [0.5, 0.6) is 5.75 Å². The number of aromatic nitrogens is 3. The molecule has 3 aromatic carbocycles. The van der Waals surface area contributed by atoms with Crippen molar-refractivity contribution >= 4 is 45.3 Å². The minimum Gasteiger partial charge on any atom is -0.493 e. The second kappa shape index (κ2) is 16.6. The average molecular weight is 776 g/mol. The molecule has 5 rings (SSSR count). The predicted molar refractivity (Wildman–Crippen MR) is 218 cm³/mol. The van der Waals surface area contributed by atoms with Crippen molar-refractivity contribution in [2.45, 2.75) is 86.0 Å². The lowest BCUT2D eigenvalue weighted by Gasteiger charge is -2.26. The number of ether oxygens (including phenoxy) is 3. The average Bonchev–Trinajstić information content (AvgIpc) is 3.53. The summed E-state index contributed by atoms with van der Waals surface area (Å²) in [4.78, 5) is 30.7. The highest BCUT2D eigenvalue weighted by atomic mass is 35.5. The molecule has 0 aliphatic heterocycles. The van der Waals surface area contributed by atoms with Crippen LogP contribution in [-0.2, 0) is 29.5 Å². The minimum absolute atomic E-state index is 0.300. The molecule has 0 atom stereocenters. The maximum Gasteiger partial charge on any atom is 0.410 e. The number of amides is 1. The number of rotatable bonds is 13. The third kappa shape index (κ3) is 9.80. The van der Waals surface area contributed by atoms with Crippen LogP contribution < -0.4 is 4.74 Å². The molecule has 55 heavy (non-hydrogen) atoms. The van der Waals surface area contributed by atoms with Crippen LogP contribution in [0.15, 0.2) is 48.5 Å². The van der Waals surface area contributed by atoms with Gasteiger partial charge in [-0.05, 0) is 117 Å². The SMILES string of the molecule is Cc1nn(C)c(C)c1-c1c(Cl)ccc2c(CCCOc3cccc4cc(F)ccc34)c(C(=O)OC(C)(C)C)n(CCN(C)CCN(C)C(=O)OC(C)(C)C)c12. The zero-order valence-corrected chi connectivity index (χ0v) is 34.9. The van der Waals surface area contributed by atoms with Crippen LogP contribution in [0.2, 0.25) is 5.02 Å². The fraction of sp³-hybridized carbons (Fsp3) is 0.465. The van der Waals surface area contributed by atoms with Gasteiger partial charge < -0.3 is 28.6 Å². The summed E-state index contributed by atoms with van der Waals surface area (Å²) in [6, 6.07) is 14.1. The van der Waals surface area contributed by atoms with Crippen molar-refractivity contribution in [2.24, 2.45) is 7.05 Å². The number of carbonyl (C=O) groups is 2. The largest absolute Gasteiger partial charge is 0.493 e. The Morgan fingerprint density at radius 2 is 1.58 bits per heavy atom. The van der Waals surface area contributed by atoms with E-state index in [4.69, 9.17) is 30.9 Å². The van der Waals surface area contributed by atoms with Crippen molar-refractivity contribution in [3.8, 4) is 16.9 Å². The van der Waals surface area contributed by atoms with Gasteiger partial charge in [0.1, 0.15) is 28.5 Å². The maximum atomic E-state index is 14.4. The standard InChI is InChI=1S/C43H55ClFN5O5/c1-27-36(28(2)49(11)46-27)37-34(44)20-19-33-32(15-13-25-53-35-16-12-14-29-26-30(45)17-18-31(29)35)39(40(51)54-42(3,4)5)50(38(33)37)24-22-47(9)21-23-48(10)41(52)55-43(6,7)8/h12,14,16-20,26H,13,15,21-25H2,1-11H3. The Labute approximate surface area is 329 Å². The topological polar surface area (TPSA) is 91.1 Å². The molecule has 0 saturated carbocycles. The Kier molecular flexibility index (Phi) is 12.6. The number of benzene rings is 3. The Morgan fingerprint density at radius 1 is 0.891 bits per heavy atom. The van der Waals surface area contributed by atoms with Crippen molar-refractivity contribution in [1.29, 1.82) is 0 Å². The van der Waals surface area contributed by atoms with Gasteiger partial charge in [0.15, 0.2) is 0 Å². The number of hydrogen-bond acceptors (Lipinski definition) is 7. The molecule has 2 heterocycles. The first kappa shape index (κ1) is 41.6. The fourth-order valence-electron chi connectivity index (χ4n) is 6.82. The first-order valence-electron chi connectivity index (χ1n) is 18.8. The molecule has 0 fully saturated rings. The smallest absolute Gasteiger partial charge is 0.410 e. The molecule has 296 valence electrons. The van der Waals surface area contributed by atoms with E-state index in [9.17, 15) is 14.0 Å². The molecule has 0 bridgehead atoms. The van der Waals surface area contributed by atoms with Crippen molar-refractivity contribution in [3.05, 3.63) is 82.0 Å². The zero-order chi connectivity index (χ0) is 40.4. The van der Waals surface area contributed by atoms with Crippen LogP contribution >= 0.6 is 11.6 Å². The summed E-state index contributed by atoms with van der Waals surface area (Å²) in [5, 5.41) is 7.76. The number of aryl methyl sites for hydroxylation is 3. The monoisotopic (exact) mass is 775 g/mol. The number of carbonyl (C=O) groups excluding carboxylic acids is 2. The third-order valence-electron chi connectivity index (χ3n) is 9.49. The normalized spacial score (nSPS) is 12.2. The van der Waals surface area contributed by atoms with Gasteiger partial charge in [-0.3, -0.25) is 4.68 Å². The lowest BCUT2D eigenvalue weighted by molar-refractivity contribution is 0.00553. The van der Waals surface area contributed by atoms with E-state index in [1.54, 1.807) is 18.0 Å². The molecule has 5 aromatic rings. The summed E-state index contributed by atoms with van der Waals surface area (Å²) in [5.74, 6) is -0.0554. The summed E-state index contributed by atoms with van der Waals surface area (Å²) < 4.78 is 35.8. The molecule has 0 unspecified atom stereocenters. The van der Waals surface area contributed by atoms with Gasteiger partial charge >= 0.3 is 12.1 Å². The molecule has 0 radical (unpaired) electrons. The van der Waals surface area contributed by atoms with Crippen molar-refractivity contribution < 1.29 is 28.2 Å². The van der Waals surface area contributed by atoms with E-state index in [2.05, 4.69) is 9.47 Å². The number of likely N-dealkylation sites (N-methyl/N-ethyl adjacent to an activating group) is 2. The van der Waals surface area contributed by atoms with Gasteiger partial charge in [0.05, 0.1) is 22.8 Å². The van der Waals surface area contributed by atoms with Gasteiger partial charge in [-0.25, -0.2) is 14.0 Å². The lowest BCUT2D eigenvalue weighted by Crippen LogP contribution is -2.39. The van der Waals surface area contributed by atoms with E-state index in [1.165, 1.54) is 12.1 Å². The Hall–Kier alpha value is -4.61. The molecule has 0 aliphatic rings. The van der Waals surface area contributed by atoms with Crippen molar-refractivity contribution in [1.82, 2.24) is 24.1 Å². The van der Waals surface area contributed by atoms with Crippen molar-refractivity contribution in [3.63, 3.8) is 0 Å². The predicted octanol–water partition coefficient (Wildman–Crippen LogP) is 9.37. The highest BCUT2D eigenvalue weighted by molar-refractivity contribution is 6.35. The first-order valence-corrected chi connectivity index (χ1v) is 19.1. The molecular formula is C43H55ClFN5O5. The van der Waals surface area contributed by atoms with Crippen LogP contribution in [0, 0.1) is 19.7 Å². The number of halogens is 2. The maximum absolute atomic E-state index is 14.4. The number of fused-ring (bicyclic) bond motifs is 2. The van der Waals surface area contributed by atoms with Crippen LogP contribution in [-0.4, -0.2) is 87.7 Å². The number of esters is 1. The van der Waals surface area contributed by atoms with Gasteiger partial charge in [-0.2, -0.15) is 5.10 Å². The van der Waals surface area contributed by atoms with E-state index < -0.39 is 17.2 Å². The molecule has 0 saturated heterocycles. The van der Waals surface area contributed by atoms with Crippen LogP contribution in [0.4, 0.5) is 9.18 Å². The van der Waals surface area contributed by atoms with Gasteiger partial charge in [0, 0.05) is 67.9 Å². The van der Waals surface area contributed by atoms with Crippen LogP contribution in [0.3, 0.4) is 0 Å². The summed E-state index contributed by atoms with van der Waals surface area (Å²) in [6.45, 7) is 17.5. The molecular weight excluding hydrogens is 721 g/mol. The molecule has 0 N–H and O–H groups in total. The van der Waals surface area contributed by atoms with E-state index in [0.29, 0.717) is 62.1 Å². The highest BCUT2D eigenvalue weighted by Crippen LogP contribution is 2.42. The van der Waals surface area contributed by atoms with Crippen LogP contribution in [0.25, 0.3) is 32.8 Å². The van der Waals surface area contributed by atoms with Gasteiger partial charge in [0.25, 0.3) is 0 Å². The lowest BCUT2D eigenvalue weighted by atomic mass is 9.98. The summed E-state index contributed by atoms with van der Waals surface area (Å²) in [6.07, 6.45) is 0.723. The van der Waals surface area contributed by atoms with E-state index in [-0.39, 0.29) is 11.9 Å². The number of nitrogens with zero attached hydrogens (tertiary/aromatic N) is 5. The zero-order valence-electron chi connectivity index (χ0n) is 34.1. The summed E-state index contributed by atoms with van der Waals surface area (Å²) in [5.41, 5.74) is 4.32. The number of hydrogen-bond donors (Lipinski definition) is 0. The highest BCUT2D eigenvalue weighted by Gasteiger charge is 2.31. The Balaban J connectivity index is 1.55. The quantitative estimate of drug-likeness (QED) is 0.0870. The minimum atomic E-state index is -0.743. The molecule has 12 heteroatoms. The van der Waals surface area contributed by atoms with Crippen molar-refractivity contribution in [2.75, 3.05) is 40.3 Å². The molecule has 2 aromatic heterocycles. The Bertz CT molecular complexity index is 2200. The second-order valence-electron chi connectivity index (χ2n) is 16.2. The fourth-order valence-corrected chi connectivity index (χ4v) is 7.07. The molecule has 0 aliphatic carbocycles. The van der Waals surface area contributed by atoms with Crippen LogP contribution in [0.1, 0.15) is 75.4 Å². The van der Waals surface area contributed by atoms with E-state index in [1.807, 2.05) is 104 Å². The molecule has 10 nitrogen and oxygen atoms in total. The van der Waals surface area contributed by atoms with E-state index in [0.717, 1.165) is 49.8 Å². The Morgan fingerprint density at radius 3 is 2.24 bits per heavy atom. The van der Waals surface area contributed by atoms with Gasteiger partial charge in [-0.15, -0.1) is 0 Å². The van der Waals surface area contributed by atoms with Gasteiger partial charge in [0.2, 0.25) is 0 Å². The van der Waals surface area contributed by atoms with E-state index >= 15 is 0 Å². The summed E-state index contributed by atoms with van der Waals surface area (Å²) in [7, 11) is 5.63. The molecule has 0 spiro atoms. The summed E-state index contributed by atoms with van der Waals surface area (Å²) >= 11 is 7.12. The third-order valence-corrected chi connectivity index (χ3v) is 9.80. The first-order chi connectivity index (χ1) is 25.8.